The van der Waals surface area contributed by atoms with Crippen LogP contribution >= 0.6 is 11.6 Å². The normalized spacial score (nSPS) is 21.5. The second-order valence-electron chi connectivity index (χ2n) is 5.89. The van der Waals surface area contributed by atoms with Gasteiger partial charge in [0.25, 0.3) is 0 Å². The zero-order valence-electron chi connectivity index (χ0n) is 13.0. The van der Waals surface area contributed by atoms with Crippen LogP contribution in [0.4, 0.5) is 0 Å². The van der Waals surface area contributed by atoms with Crippen molar-refractivity contribution in [1.82, 2.24) is 0 Å². The lowest BCUT2D eigenvalue weighted by Gasteiger charge is -2.36. The lowest BCUT2D eigenvalue weighted by Crippen LogP contribution is -2.52. The van der Waals surface area contributed by atoms with Crippen molar-refractivity contribution < 1.29 is 22.7 Å². The quantitative estimate of drug-likeness (QED) is 0.773. The number of sulfone groups is 1. The third-order valence-electron chi connectivity index (χ3n) is 4.52. The molecule has 5 nitrogen and oxygen atoms in total. The largest absolute Gasteiger partial charge is 0.468 e. The molecule has 0 amide bonds. The van der Waals surface area contributed by atoms with Crippen LogP contribution in [0.2, 0.25) is 5.02 Å². The van der Waals surface area contributed by atoms with E-state index in [0.29, 0.717) is 19.3 Å². The van der Waals surface area contributed by atoms with E-state index in [0.717, 1.165) is 7.11 Å². The Bertz CT molecular complexity index is 728. The molecule has 23 heavy (non-hydrogen) atoms. The zero-order valence-corrected chi connectivity index (χ0v) is 14.6. The molecular formula is C16H19ClO5S. The summed E-state index contributed by atoms with van der Waals surface area (Å²) in [6, 6.07) is 5.77. The highest BCUT2D eigenvalue weighted by molar-refractivity contribution is 7.93. The molecule has 1 fully saturated rings. The molecule has 1 aromatic rings. The Morgan fingerprint density at radius 2 is 2.09 bits per heavy atom. The van der Waals surface area contributed by atoms with Gasteiger partial charge in [0.1, 0.15) is 5.78 Å². The van der Waals surface area contributed by atoms with Crippen molar-refractivity contribution in [2.24, 2.45) is 5.92 Å². The van der Waals surface area contributed by atoms with E-state index in [1.807, 2.05) is 0 Å². The number of rotatable bonds is 4. The predicted octanol–water partition coefficient (Wildman–Crippen LogP) is 2.80. The molecule has 7 heteroatoms. The number of Topliss-reactive ketones (excluding diaryl/α,β-unsaturated/α-hetero) is 1. The first-order valence-electron chi connectivity index (χ1n) is 7.33. The molecule has 126 valence electrons. The third-order valence-corrected chi connectivity index (χ3v) is 7.24. The molecule has 1 aliphatic rings. The van der Waals surface area contributed by atoms with E-state index in [4.69, 9.17) is 16.3 Å². The average Bonchev–Trinajstić information content (AvgIpc) is 2.53. The molecule has 0 saturated heterocycles. The first-order chi connectivity index (χ1) is 10.7. The number of hydrogen-bond acceptors (Lipinski definition) is 5. The van der Waals surface area contributed by atoms with Crippen molar-refractivity contribution in [3.63, 3.8) is 0 Å². The molecule has 0 aliphatic heterocycles. The standard InChI is InChI=1S/C16H19ClO5S/c1-16(15(19)22-2,11-5-3-7-13(18)9-11)23(20,21)14-8-4-6-12(17)10-14/h4,6,8,10-11H,3,5,7,9H2,1-2H3. The van der Waals surface area contributed by atoms with E-state index < -0.39 is 26.5 Å². The molecule has 1 saturated carbocycles. The van der Waals surface area contributed by atoms with Crippen molar-refractivity contribution in [2.45, 2.75) is 42.2 Å². The van der Waals surface area contributed by atoms with Crippen LogP contribution in [0.25, 0.3) is 0 Å². The number of hydrogen-bond donors (Lipinski definition) is 0. The third kappa shape index (κ3) is 3.15. The Kier molecular flexibility index (Phi) is 5.16. The topological polar surface area (TPSA) is 77.5 Å². The minimum atomic E-state index is -4.07. The van der Waals surface area contributed by atoms with Gasteiger partial charge in [-0.3, -0.25) is 9.59 Å². The van der Waals surface area contributed by atoms with Gasteiger partial charge in [0, 0.05) is 17.9 Å². The molecule has 0 bridgehead atoms. The van der Waals surface area contributed by atoms with Crippen molar-refractivity contribution in [3.8, 4) is 0 Å². The second-order valence-corrected chi connectivity index (χ2v) is 8.65. The molecule has 0 N–H and O–H groups in total. The number of methoxy groups -OCH3 is 1. The fraction of sp³-hybridized carbons (Fsp3) is 0.500. The van der Waals surface area contributed by atoms with Gasteiger partial charge in [0.2, 0.25) is 0 Å². The van der Waals surface area contributed by atoms with Crippen LogP contribution in [0.3, 0.4) is 0 Å². The monoisotopic (exact) mass is 358 g/mol. The summed E-state index contributed by atoms with van der Waals surface area (Å²) in [4.78, 5) is 24.1. The summed E-state index contributed by atoms with van der Waals surface area (Å²) in [5.74, 6) is -1.49. The van der Waals surface area contributed by atoms with Gasteiger partial charge in [-0.15, -0.1) is 0 Å². The maximum absolute atomic E-state index is 13.1. The van der Waals surface area contributed by atoms with E-state index in [1.165, 1.54) is 25.1 Å². The molecule has 2 unspecified atom stereocenters. The first kappa shape index (κ1) is 17.9. The Labute approximate surface area is 140 Å². The number of carbonyl (C=O) groups excluding carboxylic acids is 2. The van der Waals surface area contributed by atoms with E-state index in [1.54, 1.807) is 6.07 Å². The highest BCUT2D eigenvalue weighted by atomic mass is 35.5. The van der Waals surface area contributed by atoms with Crippen LogP contribution in [0.1, 0.15) is 32.6 Å². The van der Waals surface area contributed by atoms with Gasteiger partial charge in [-0.1, -0.05) is 17.7 Å². The van der Waals surface area contributed by atoms with Crippen molar-refractivity contribution in [2.75, 3.05) is 7.11 Å². The summed E-state index contributed by atoms with van der Waals surface area (Å²) in [5, 5.41) is 0.262. The number of carbonyl (C=O) groups is 2. The zero-order chi connectivity index (χ0) is 17.3. The maximum Gasteiger partial charge on any atom is 0.327 e. The van der Waals surface area contributed by atoms with E-state index in [9.17, 15) is 18.0 Å². The Morgan fingerprint density at radius 3 is 2.65 bits per heavy atom. The number of ether oxygens (including phenoxy) is 1. The predicted molar refractivity (Wildman–Crippen MR) is 86.0 cm³/mol. The van der Waals surface area contributed by atoms with Gasteiger partial charge >= 0.3 is 5.97 Å². The summed E-state index contributed by atoms with van der Waals surface area (Å²) >= 11 is 5.89. The molecule has 0 radical (unpaired) electrons. The highest BCUT2D eigenvalue weighted by Gasteiger charge is 2.54. The summed E-state index contributed by atoms with van der Waals surface area (Å²) < 4.78 is 29.2. The minimum Gasteiger partial charge on any atom is -0.468 e. The van der Waals surface area contributed by atoms with Crippen LogP contribution in [0, 0.1) is 5.92 Å². The van der Waals surface area contributed by atoms with Crippen LogP contribution < -0.4 is 0 Å². The van der Waals surface area contributed by atoms with Crippen molar-refractivity contribution in [1.29, 1.82) is 0 Å². The van der Waals surface area contributed by atoms with Crippen LogP contribution in [-0.4, -0.2) is 32.0 Å². The Hall–Kier alpha value is -1.40. The van der Waals surface area contributed by atoms with Crippen LogP contribution in [0.15, 0.2) is 29.2 Å². The lowest BCUT2D eigenvalue weighted by molar-refractivity contribution is -0.145. The minimum absolute atomic E-state index is 0.0299. The molecule has 0 heterocycles. The average molecular weight is 359 g/mol. The molecule has 2 atom stereocenters. The van der Waals surface area contributed by atoms with Gasteiger partial charge in [0.05, 0.1) is 12.0 Å². The van der Waals surface area contributed by atoms with E-state index >= 15 is 0 Å². The van der Waals surface area contributed by atoms with Gasteiger partial charge in [-0.2, -0.15) is 0 Å². The maximum atomic E-state index is 13.1. The number of esters is 1. The molecule has 0 spiro atoms. The molecule has 2 rings (SSSR count). The molecule has 1 aliphatic carbocycles. The van der Waals surface area contributed by atoms with Crippen molar-refractivity contribution in [3.05, 3.63) is 29.3 Å². The fourth-order valence-corrected chi connectivity index (χ4v) is 5.30. The van der Waals surface area contributed by atoms with E-state index in [2.05, 4.69) is 0 Å². The van der Waals surface area contributed by atoms with Gasteiger partial charge in [-0.25, -0.2) is 8.42 Å². The number of benzene rings is 1. The lowest BCUT2D eigenvalue weighted by atomic mass is 9.79. The van der Waals surface area contributed by atoms with Crippen molar-refractivity contribution >= 4 is 33.2 Å². The van der Waals surface area contributed by atoms with Gasteiger partial charge < -0.3 is 4.74 Å². The fourth-order valence-electron chi connectivity index (χ4n) is 3.07. The SMILES string of the molecule is COC(=O)C(C)(C1CCCC(=O)C1)S(=O)(=O)c1cccc(Cl)c1. The molecule has 0 aromatic heterocycles. The summed E-state index contributed by atoms with van der Waals surface area (Å²) in [7, 11) is -2.92. The smallest absolute Gasteiger partial charge is 0.327 e. The van der Waals surface area contributed by atoms with E-state index in [-0.39, 0.29) is 22.1 Å². The van der Waals surface area contributed by atoms with Gasteiger partial charge in [0.15, 0.2) is 14.6 Å². The summed E-state index contributed by atoms with van der Waals surface area (Å²) in [6.45, 7) is 1.35. The van der Waals surface area contributed by atoms with Crippen LogP contribution in [-0.2, 0) is 24.2 Å². The molecular weight excluding hydrogens is 340 g/mol. The van der Waals surface area contributed by atoms with Crippen LogP contribution in [0.5, 0.6) is 0 Å². The van der Waals surface area contributed by atoms with Gasteiger partial charge in [-0.05, 0) is 43.9 Å². The highest BCUT2D eigenvalue weighted by Crippen LogP contribution is 2.41. The summed E-state index contributed by atoms with van der Waals surface area (Å²) in [5.41, 5.74) is 0. The molecule has 1 aromatic carbocycles. The Morgan fingerprint density at radius 1 is 1.39 bits per heavy atom. The Balaban J connectivity index is 2.57. The number of halogens is 1. The summed E-state index contributed by atoms with van der Waals surface area (Å²) in [6.07, 6.45) is 1.54. The first-order valence-corrected chi connectivity index (χ1v) is 9.20. The second kappa shape index (κ2) is 6.61. The number of ketones is 1.